The fraction of sp³-hybridized carbons (Fsp3) is 0.459. The topological polar surface area (TPSA) is 12.5 Å². The van der Waals surface area contributed by atoms with Gasteiger partial charge in [-0.05, 0) is 101 Å². The summed E-state index contributed by atoms with van der Waals surface area (Å²) in [6, 6.07) is 18.1. The fourth-order valence-corrected chi connectivity index (χ4v) is 8.09. The third-order valence-corrected chi connectivity index (χ3v) is 11.0. The van der Waals surface area contributed by atoms with Crippen molar-refractivity contribution in [2.24, 2.45) is 5.92 Å². The van der Waals surface area contributed by atoms with Crippen molar-refractivity contribution in [1.82, 2.24) is 0 Å². The fourth-order valence-electron chi connectivity index (χ4n) is 5.89. The zero-order valence-corrected chi connectivity index (χ0v) is 28.6. The second kappa shape index (κ2) is 15.7. The molecule has 0 N–H and O–H groups in total. The summed E-state index contributed by atoms with van der Waals surface area (Å²) in [5, 5.41) is 5.38. The molecule has 4 rings (SSSR count). The molecule has 2 nitrogen and oxygen atoms in total. The average molecular weight is 622 g/mol. The lowest BCUT2D eigenvalue weighted by Gasteiger charge is -2.34. The van der Waals surface area contributed by atoms with Gasteiger partial charge in [-0.3, -0.25) is 0 Å². The molecule has 1 saturated heterocycles. The van der Waals surface area contributed by atoms with Crippen LogP contribution in [0.1, 0.15) is 82.9 Å². The summed E-state index contributed by atoms with van der Waals surface area (Å²) < 4.78 is 5.59. The van der Waals surface area contributed by atoms with E-state index in [1.54, 1.807) is 11.3 Å². The molecule has 3 aromatic rings. The highest BCUT2D eigenvalue weighted by molar-refractivity contribution is 8.03. The highest BCUT2D eigenvalue weighted by atomic mass is 35.5. The van der Waals surface area contributed by atoms with Gasteiger partial charge in [0.05, 0.1) is 18.2 Å². The standard InChI is InChI=1S/C37H48ClNOS2/c1-7-8-9-10-28(4)23-30(36(27(2)3)42-35-16-11-29(5)24-34(35)38)25-37(6,32-17-22-41-26-32)31-12-14-33(15-13-31)39-18-20-40-21-19-39/h11-17,22,24,26-27H,4,7-10,18-21,23,25H2,1-3,5-6H3/b36-30+. The van der Waals surface area contributed by atoms with E-state index < -0.39 is 0 Å². The number of hydrogen-bond donors (Lipinski definition) is 0. The van der Waals surface area contributed by atoms with Crippen LogP contribution in [-0.2, 0) is 10.2 Å². The van der Waals surface area contributed by atoms with Crippen molar-refractivity contribution < 1.29 is 4.74 Å². The van der Waals surface area contributed by atoms with E-state index in [2.05, 4.69) is 105 Å². The summed E-state index contributed by atoms with van der Waals surface area (Å²) >= 11 is 10.4. The molecule has 2 heterocycles. The molecule has 1 aliphatic rings. The Hall–Kier alpha value is -1.98. The van der Waals surface area contributed by atoms with E-state index in [1.807, 2.05) is 11.8 Å². The largest absolute Gasteiger partial charge is 0.378 e. The predicted octanol–water partition coefficient (Wildman–Crippen LogP) is 11.5. The maximum absolute atomic E-state index is 6.79. The average Bonchev–Trinajstić information content (AvgIpc) is 3.53. The first kappa shape index (κ1) is 32.9. The molecule has 0 bridgehead atoms. The molecule has 0 aliphatic carbocycles. The summed E-state index contributed by atoms with van der Waals surface area (Å²) in [6.45, 7) is 19.5. The second-order valence-electron chi connectivity index (χ2n) is 12.2. The monoisotopic (exact) mass is 621 g/mol. The van der Waals surface area contributed by atoms with Gasteiger partial charge in [0.15, 0.2) is 0 Å². The predicted molar refractivity (Wildman–Crippen MR) is 187 cm³/mol. The number of thioether (sulfide) groups is 1. The zero-order valence-electron chi connectivity index (χ0n) is 26.2. The van der Waals surface area contributed by atoms with Crippen LogP contribution in [0.5, 0.6) is 0 Å². The lowest BCUT2D eigenvalue weighted by Crippen LogP contribution is -2.36. The Kier molecular flexibility index (Phi) is 12.3. The normalized spacial score (nSPS) is 15.9. The number of ether oxygens (including phenoxy) is 1. The van der Waals surface area contributed by atoms with Crippen LogP contribution in [-0.4, -0.2) is 26.3 Å². The molecular weight excluding hydrogens is 574 g/mol. The maximum Gasteiger partial charge on any atom is 0.0642 e. The third-order valence-electron chi connectivity index (χ3n) is 8.38. The molecule has 42 heavy (non-hydrogen) atoms. The number of rotatable bonds is 14. The first-order valence-corrected chi connectivity index (χ1v) is 17.6. The van der Waals surface area contributed by atoms with Crippen molar-refractivity contribution in [2.75, 3.05) is 31.2 Å². The summed E-state index contributed by atoms with van der Waals surface area (Å²) in [7, 11) is 0. The van der Waals surface area contributed by atoms with Crippen LogP contribution in [0.2, 0.25) is 5.02 Å². The molecular formula is C37H48ClNOS2. The Labute approximate surface area is 268 Å². The van der Waals surface area contributed by atoms with Crippen LogP contribution in [0.25, 0.3) is 0 Å². The van der Waals surface area contributed by atoms with Gasteiger partial charge < -0.3 is 9.64 Å². The van der Waals surface area contributed by atoms with Gasteiger partial charge in [-0.2, -0.15) is 11.3 Å². The number of allylic oxidation sites excluding steroid dienone is 3. The van der Waals surface area contributed by atoms with E-state index in [4.69, 9.17) is 16.3 Å². The van der Waals surface area contributed by atoms with E-state index in [9.17, 15) is 0 Å². The van der Waals surface area contributed by atoms with E-state index in [0.29, 0.717) is 5.92 Å². The van der Waals surface area contributed by atoms with Crippen LogP contribution in [0, 0.1) is 12.8 Å². The quantitative estimate of drug-likeness (QED) is 0.101. The van der Waals surface area contributed by atoms with Gasteiger partial charge in [0, 0.05) is 29.1 Å². The van der Waals surface area contributed by atoms with Gasteiger partial charge in [0.25, 0.3) is 0 Å². The van der Waals surface area contributed by atoms with Gasteiger partial charge in [-0.15, -0.1) is 0 Å². The van der Waals surface area contributed by atoms with Gasteiger partial charge >= 0.3 is 0 Å². The van der Waals surface area contributed by atoms with E-state index in [1.165, 1.54) is 57.7 Å². The Morgan fingerprint density at radius 2 is 1.81 bits per heavy atom. The molecule has 2 aromatic carbocycles. The number of benzene rings is 2. The van der Waals surface area contributed by atoms with E-state index in [0.717, 1.165) is 55.5 Å². The van der Waals surface area contributed by atoms with Crippen molar-refractivity contribution in [3.05, 3.63) is 104 Å². The van der Waals surface area contributed by atoms with Gasteiger partial charge in [-0.1, -0.05) is 99.8 Å². The zero-order chi connectivity index (χ0) is 30.1. The summed E-state index contributed by atoms with van der Waals surface area (Å²) in [5.74, 6) is 0.376. The molecule has 226 valence electrons. The van der Waals surface area contributed by atoms with Gasteiger partial charge in [-0.25, -0.2) is 0 Å². The summed E-state index contributed by atoms with van der Waals surface area (Å²) in [4.78, 5) is 4.98. The molecule has 0 radical (unpaired) electrons. The Balaban J connectivity index is 1.75. The van der Waals surface area contributed by atoms with E-state index in [-0.39, 0.29) is 5.41 Å². The second-order valence-corrected chi connectivity index (χ2v) is 14.5. The molecule has 0 amide bonds. The van der Waals surface area contributed by atoms with Crippen molar-refractivity contribution in [2.45, 2.75) is 83.5 Å². The van der Waals surface area contributed by atoms with Gasteiger partial charge in [0.2, 0.25) is 0 Å². The molecule has 1 fully saturated rings. The maximum atomic E-state index is 6.79. The lowest BCUT2D eigenvalue weighted by atomic mass is 9.71. The number of halogens is 1. The molecule has 1 unspecified atom stereocenters. The smallest absolute Gasteiger partial charge is 0.0642 e. The van der Waals surface area contributed by atoms with Crippen LogP contribution in [0.4, 0.5) is 5.69 Å². The van der Waals surface area contributed by atoms with Crippen LogP contribution < -0.4 is 4.90 Å². The van der Waals surface area contributed by atoms with Crippen molar-refractivity contribution in [1.29, 1.82) is 0 Å². The molecule has 0 spiro atoms. The highest BCUT2D eigenvalue weighted by Gasteiger charge is 2.32. The molecule has 1 atom stereocenters. The van der Waals surface area contributed by atoms with Crippen LogP contribution in [0.15, 0.2) is 86.8 Å². The Morgan fingerprint density at radius 3 is 2.43 bits per heavy atom. The minimum Gasteiger partial charge on any atom is -0.378 e. The molecule has 5 heteroatoms. The van der Waals surface area contributed by atoms with Crippen molar-refractivity contribution in [3.63, 3.8) is 0 Å². The number of nitrogens with zero attached hydrogens (tertiary/aromatic N) is 1. The first-order chi connectivity index (χ1) is 20.2. The summed E-state index contributed by atoms with van der Waals surface area (Å²) in [6.07, 6.45) is 6.65. The Bertz CT molecular complexity index is 1320. The van der Waals surface area contributed by atoms with Crippen molar-refractivity contribution >= 4 is 40.4 Å². The summed E-state index contributed by atoms with van der Waals surface area (Å²) in [5.41, 5.74) is 7.86. The number of unbranched alkanes of at least 4 members (excludes halogenated alkanes) is 2. The minimum absolute atomic E-state index is 0.166. The number of thiophene rings is 1. The SMILES string of the molecule is C=C(CCCCC)C/C(CC(C)(c1ccc(N2CCOCC2)cc1)c1ccsc1)=C(\Sc1ccc(C)cc1Cl)C(C)C. The number of aryl methyl sites for hydroxylation is 1. The first-order valence-electron chi connectivity index (χ1n) is 15.5. The minimum atomic E-state index is -0.166. The number of morpholine rings is 1. The van der Waals surface area contributed by atoms with Gasteiger partial charge in [0.1, 0.15) is 0 Å². The molecule has 0 saturated carbocycles. The van der Waals surface area contributed by atoms with Crippen molar-refractivity contribution in [3.8, 4) is 0 Å². The third kappa shape index (κ3) is 8.56. The lowest BCUT2D eigenvalue weighted by molar-refractivity contribution is 0.122. The van der Waals surface area contributed by atoms with Crippen LogP contribution in [0.3, 0.4) is 0 Å². The number of anilines is 1. The molecule has 1 aromatic heterocycles. The molecule has 1 aliphatic heterocycles. The highest BCUT2D eigenvalue weighted by Crippen LogP contribution is 2.46. The van der Waals surface area contributed by atoms with Crippen LogP contribution >= 0.6 is 34.7 Å². The Morgan fingerprint density at radius 1 is 1.07 bits per heavy atom. The number of hydrogen-bond acceptors (Lipinski definition) is 4. The van der Waals surface area contributed by atoms with E-state index >= 15 is 0 Å².